The summed E-state index contributed by atoms with van der Waals surface area (Å²) in [5.74, 6) is -1.77. The van der Waals surface area contributed by atoms with Crippen molar-refractivity contribution < 1.29 is 19.8 Å². The maximum absolute atomic E-state index is 11.9. The van der Waals surface area contributed by atoms with Crippen molar-refractivity contribution in [2.24, 2.45) is 0 Å². The van der Waals surface area contributed by atoms with Crippen molar-refractivity contribution in [3.8, 4) is 0 Å². The Hall–Kier alpha value is -1.53. The molecule has 5 nitrogen and oxygen atoms in total. The van der Waals surface area contributed by atoms with Gasteiger partial charge >= 0.3 is 5.97 Å². The van der Waals surface area contributed by atoms with Gasteiger partial charge in [0.25, 0.3) is 5.91 Å². The molecule has 0 aromatic heterocycles. The van der Waals surface area contributed by atoms with Crippen LogP contribution in [0.5, 0.6) is 0 Å². The van der Waals surface area contributed by atoms with E-state index >= 15 is 0 Å². The SMILES string of the molecule is CSc1ccccc1C(=O)N[C@H](C(=O)O)[C@@H](C)O. The van der Waals surface area contributed by atoms with Crippen LogP contribution in [0.1, 0.15) is 17.3 Å². The van der Waals surface area contributed by atoms with Gasteiger partial charge in [-0.05, 0) is 25.3 Å². The second kappa shape index (κ2) is 6.42. The van der Waals surface area contributed by atoms with Crippen LogP contribution in [0.15, 0.2) is 29.2 Å². The van der Waals surface area contributed by atoms with Crippen LogP contribution in [0.4, 0.5) is 0 Å². The molecule has 0 radical (unpaired) electrons. The largest absolute Gasteiger partial charge is 0.480 e. The van der Waals surface area contributed by atoms with Crippen LogP contribution in [0, 0.1) is 0 Å². The highest BCUT2D eigenvalue weighted by molar-refractivity contribution is 7.98. The molecule has 1 amide bonds. The van der Waals surface area contributed by atoms with Crippen molar-refractivity contribution >= 4 is 23.6 Å². The van der Waals surface area contributed by atoms with Gasteiger partial charge in [0.15, 0.2) is 6.04 Å². The Morgan fingerprint density at radius 3 is 2.44 bits per heavy atom. The lowest BCUT2D eigenvalue weighted by Crippen LogP contribution is -2.47. The molecule has 0 aliphatic heterocycles. The molecule has 0 unspecified atom stereocenters. The standard InChI is InChI=1S/C12H15NO4S/c1-7(14)10(12(16)17)13-11(15)8-5-3-4-6-9(8)18-2/h3-7,10,14H,1-2H3,(H,13,15)(H,16,17)/t7-,10+/m1/s1. The highest BCUT2D eigenvalue weighted by Crippen LogP contribution is 2.19. The van der Waals surface area contributed by atoms with Gasteiger partial charge in [-0.25, -0.2) is 4.79 Å². The number of benzene rings is 1. The zero-order valence-electron chi connectivity index (χ0n) is 10.1. The highest BCUT2D eigenvalue weighted by Gasteiger charge is 2.26. The fourth-order valence-electron chi connectivity index (χ4n) is 1.44. The molecule has 0 spiro atoms. The summed E-state index contributed by atoms with van der Waals surface area (Å²) >= 11 is 1.40. The third kappa shape index (κ3) is 3.48. The molecule has 2 atom stereocenters. The summed E-state index contributed by atoms with van der Waals surface area (Å²) < 4.78 is 0. The minimum Gasteiger partial charge on any atom is -0.480 e. The summed E-state index contributed by atoms with van der Waals surface area (Å²) in [4.78, 5) is 23.6. The average Bonchev–Trinajstić information content (AvgIpc) is 2.34. The zero-order valence-corrected chi connectivity index (χ0v) is 10.9. The highest BCUT2D eigenvalue weighted by atomic mass is 32.2. The molecule has 1 rings (SSSR count). The molecule has 0 fully saturated rings. The molecule has 0 saturated carbocycles. The zero-order chi connectivity index (χ0) is 13.7. The Morgan fingerprint density at radius 1 is 1.33 bits per heavy atom. The molecular formula is C12H15NO4S. The summed E-state index contributed by atoms with van der Waals surface area (Å²) in [5, 5.41) is 20.5. The monoisotopic (exact) mass is 269 g/mol. The third-order valence-corrected chi connectivity index (χ3v) is 3.18. The number of aliphatic carboxylic acids is 1. The number of aliphatic hydroxyl groups excluding tert-OH is 1. The topological polar surface area (TPSA) is 86.6 Å². The molecule has 0 aliphatic carbocycles. The average molecular weight is 269 g/mol. The van der Waals surface area contributed by atoms with E-state index in [1.807, 2.05) is 6.26 Å². The second-order valence-corrected chi connectivity index (χ2v) is 4.58. The lowest BCUT2D eigenvalue weighted by Gasteiger charge is -2.17. The molecule has 18 heavy (non-hydrogen) atoms. The van der Waals surface area contributed by atoms with Crippen LogP contribution in [-0.4, -0.2) is 40.5 Å². The Balaban J connectivity index is 2.90. The molecule has 3 N–H and O–H groups in total. The number of carbonyl (C=O) groups excluding carboxylic acids is 1. The Kier molecular flexibility index (Phi) is 5.18. The van der Waals surface area contributed by atoms with Crippen LogP contribution in [-0.2, 0) is 4.79 Å². The number of rotatable bonds is 5. The smallest absolute Gasteiger partial charge is 0.328 e. The molecule has 98 valence electrons. The Bertz CT molecular complexity index is 447. The van der Waals surface area contributed by atoms with E-state index in [1.54, 1.807) is 24.3 Å². The number of amides is 1. The van der Waals surface area contributed by atoms with E-state index in [2.05, 4.69) is 5.32 Å². The minimum atomic E-state index is -1.31. The number of hydrogen-bond acceptors (Lipinski definition) is 4. The molecule has 1 aromatic rings. The molecule has 0 heterocycles. The van der Waals surface area contributed by atoms with Crippen LogP contribution in [0.2, 0.25) is 0 Å². The van der Waals surface area contributed by atoms with E-state index in [0.29, 0.717) is 5.56 Å². The summed E-state index contributed by atoms with van der Waals surface area (Å²) in [6.07, 6.45) is 0.669. The van der Waals surface area contributed by atoms with E-state index in [0.717, 1.165) is 4.90 Å². The maximum Gasteiger partial charge on any atom is 0.328 e. The van der Waals surface area contributed by atoms with E-state index in [4.69, 9.17) is 5.11 Å². The van der Waals surface area contributed by atoms with Gasteiger partial charge in [-0.15, -0.1) is 11.8 Å². The Labute approximate surface area is 109 Å². The van der Waals surface area contributed by atoms with Crippen molar-refractivity contribution in [3.05, 3.63) is 29.8 Å². The van der Waals surface area contributed by atoms with Crippen molar-refractivity contribution in [1.82, 2.24) is 5.32 Å². The van der Waals surface area contributed by atoms with Crippen LogP contribution < -0.4 is 5.32 Å². The summed E-state index contributed by atoms with van der Waals surface area (Å²) in [5.41, 5.74) is 0.400. The molecular weight excluding hydrogens is 254 g/mol. The number of carbonyl (C=O) groups is 2. The first-order valence-electron chi connectivity index (χ1n) is 5.32. The fourth-order valence-corrected chi connectivity index (χ4v) is 2.04. The maximum atomic E-state index is 11.9. The first-order valence-corrected chi connectivity index (χ1v) is 6.54. The minimum absolute atomic E-state index is 0.400. The summed E-state index contributed by atoms with van der Waals surface area (Å²) in [6, 6.07) is 5.57. The van der Waals surface area contributed by atoms with Crippen LogP contribution >= 0.6 is 11.8 Å². The molecule has 0 aliphatic rings. The van der Waals surface area contributed by atoms with E-state index in [1.165, 1.54) is 18.7 Å². The normalized spacial score (nSPS) is 13.7. The number of thioether (sulfide) groups is 1. The lowest BCUT2D eigenvalue weighted by atomic mass is 10.1. The Morgan fingerprint density at radius 2 is 1.94 bits per heavy atom. The fraction of sp³-hybridized carbons (Fsp3) is 0.333. The van der Waals surface area contributed by atoms with E-state index < -0.39 is 24.0 Å². The molecule has 0 saturated heterocycles. The summed E-state index contributed by atoms with van der Waals surface area (Å²) in [7, 11) is 0. The quantitative estimate of drug-likeness (QED) is 0.693. The van der Waals surface area contributed by atoms with Gasteiger partial charge in [0, 0.05) is 4.90 Å². The van der Waals surface area contributed by atoms with Gasteiger partial charge in [0.1, 0.15) is 0 Å². The van der Waals surface area contributed by atoms with Gasteiger partial charge in [-0.2, -0.15) is 0 Å². The van der Waals surface area contributed by atoms with Crippen molar-refractivity contribution in [2.45, 2.75) is 24.0 Å². The van der Waals surface area contributed by atoms with Crippen molar-refractivity contribution in [3.63, 3.8) is 0 Å². The number of hydrogen-bond donors (Lipinski definition) is 3. The molecule has 1 aromatic carbocycles. The number of nitrogens with one attached hydrogen (secondary N) is 1. The van der Waals surface area contributed by atoms with Gasteiger partial charge in [-0.3, -0.25) is 4.79 Å². The van der Waals surface area contributed by atoms with Gasteiger partial charge < -0.3 is 15.5 Å². The first-order chi connectivity index (χ1) is 8.47. The van der Waals surface area contributed by atoms with Crippen LogP contribution in [0.25, 0.3) is 0 Å². The number of aliphatic hydroxyl groups is 1. The van der Waals surface area contributed by atoms with Gasteiger partial charge in [-0.1, -0.05) is 12.1 Å². The predicted octanol–water partition coefficient (Wildman–Crippen LogP) is 0.972. The summed E-state index contributed by atoms with van der Waals surface area (Å²) in [6.45, 7) is 1.32. The van der Waals surface area contributed by atoms with Crippen molar-refractivity contribution in [1.29, 1.82) is 0 Å². The van der Waals surface area contributed by atoms with Crippen LogP contribution in [0.3, 0.4) is 0 Å². The van der Waals surface area contributed by atoms with Gasteiger partial charge in [0.2, 0.25) is 0 Å². The predicted molar refractivity (Wildman–Crippen MR) is 68.8 cm³/mol. The molecule has 0 bridgehead atoms. The lowest BCUT2D eigenvalue weighted by molar-refractivity contribution is -0.141. The number of carboxylic acid groups (broad SMARTS) is 1. The number of carboxylic acids is 1. The molecule has 6 heteroatoms. The first kappa shape index (κ1) is 14.5. The second-order valence-electron chi connectivity index (χ2n) is 3.73. The van der Waals surface area contributed by atoms with Crippen molar-refractivity contribution in [2.75, 3.05) is 6.26 Å². The van der Waals surface area contributed by atoms with Gasteiger partial charge in [0.05, 0.1) is 11.7 Å². The van der Waals surface area contributed by atoms with E-state index in [-0.39, 0.29) is 0 Å². The van der Waals surface area contributed by atoms with E-state index in [9.17, 15) is 14.7 Å². The third-order valence-electron chi connectivity index (χ3n) is 2.39.